The van der Waals surface area contributed by atoms with Gasteiger partial charge in [0.05, 0.1) is 0 Å². The van der Waals surface area contributed by atoms with Crippen LogP contribution >= 0.6 is 0 Å². The SMILES string of the molecule is CCN(c1nc2c(cc1C(=O)O)CCCC2)C1CCCC1. The first kappa shape index (κ1) is 14.4. The monoisotopic (exact) mass is 288 g/mol. The number of hydrogen-bond donors (Lipinski definition) is 1. The summed E-state index contributed by atoms with van der Waals surface area (Å²) in [6.07, 6.45) is 9.08. The maximum atomic E-state index is 11.7. The Bertz CT molecular complexity index is 536. The van der Waals surface area contributed by atoms with E-state index < -0.39 is 5.97 Å². The van der Waals surface area contributed by atoms with Crippen LogP contribution in [0.15, 0.2) is 6.07 Å². The molecule has 0 aliphatic heterocycles. The Balaban J connectivity index is 2.03. The lowest BCUT2D eigenvalue weighted by molar-refractivity contribution is 0.0697. The highest BCUT2D eigenvalue weighted by molar-refractivity contribution is 5.93. The van der Waals surface area contributed by atoms with Gasteiger partial charge in [-0.1, -0.05) is 12.8 Å². The van der Waals surface area contributed by atoms with Crippen LogP contribution in [-0.4, -0.2) is 28.6 Å². The van der Waals surface area contributed by atoms with Crippen LogP contribution in [0, 0.1) is 0 Å². The molecule has 0 saturated heterocycles. The van der Waals surface area contributed by atoms with Crippen LogP contribution in [0.2, 0.25) is 0 Å². The molecule has 0 aromatic carbocycles. The molecule has 1 N–H and O–H groups in total. The molecule has 3 rings (SSSR count). The normalized spacial score (nSPS) is 18.5. The van der Waals surface area contributed by atoms with Gasteiger partial charge < -0.3 is 10.0 Å². The Morgan fingerprint density at radius 1 is 1.29 bits per heavy atom. The highest BCUT2D eigenvalue weighted by Crippen LogP contribution is 2.32. The Labute approximate surface area is 126 Å². The third-order valence-corrected chi connectivity index (χ3v) is 4.89. The average Bonchev–Trinajstić information content (AvgIpc) is 3.01. The van der Waals surface area contributed by atoms with Crippen molar-refractivity contribution >= 4 is 11.8 Å². The summed E-state index contributed by atoms with van der Waals surface area (Å²) in [5.74, 6) is -0.139. The molecule has 0 unspecified atom stereocenters. The van der Waals surface area contributed by atoms with Crippen molar-refractivity contribution in [2.45, 2.75) is 64.3 Å². The second kappa shape index (κ2) is 6.04. The molecule has 0 bridgehead atoms. The molecule has 4 nitrogen and oxygen atoms in total. The van der Waals surface area contributed by atoms with Gasteiger partial charge in [-0.05, 0) is 57.1 Å². The average molecular weight is 288 g/mol. The van der Waals surface area contributed by atoms with Crippen LogP contribution in [-0.2, 0) is 12.8 Å². The van der Waals surface area contributed by atoms with Crippen molar-refractivity contribution in [1.29, 1.82) is 0 Å². The summed E-state index contributed by atoms with van der Waals surface area (Å²) in [4.78, 5) is 18.7. The van der Waals surface area contributed by atoms with Gasteiger partial charge in [0, 0.05) is 18.3 Å². The fourth-order valence-corrected chi connectivity index (χ4v) is 3.80. The van der Waals surface area contributed by atoms with E-state index in [-0.39, 0.29) is 0 Å². The van der Waals surface area contributed by atoms with E-state index in [1.165, 1.54) is 19.3 Å². The van der Waals surface area contributed by atoms with Crippen molar-refractivity contribution in [2.24, 2.45) is 0 Å². The zero-order chi connectivity index (χ0) is 14.8. The van der Waals surface area contributed by atoms with Gasteiger partial charge in [0.25, 0.3) is 0 Å². The summed E-state index contributed by atoms with van der Waals surface area (Å²) in [7, 11) is 0. The molecule has 1 aromatic heterocycles. The summed E-state index contributed by atoms with van der Waals surface area (Å²) in [5, 5.41) is 9.59. The number of carboxylic acids is 1. The molecular formula is C17H24N2O2. The highest BCUT2D eigenvalue weighted by Gasteiger charge is 2.28. The zero-order valence-electron chi connectivity index (χ0n) is 12.8. The van der Waals surface area contributed by atoms with Crippen molar-refractivity contribution in [3.63, 3.8) is 0 Å². The number of aromatic nitrogens is 1. The quantitative estimate of drug-likeness (QED) is 0.922. The van der Waals surface area contributed by atoms with Gasteiger partial charge in [-0.3, -0.25) is 0 Å². The molecule has 1 fully saturated rings. The molecule has 4 heteroatoms. The minimum Gasteiger partial charge on any atom is -0.478 e. The molecule has 1 heterocycles. The number of pyridine rings is 1. The lowest BCUT2D eigenvalue weighted by Crippen LogP contribution is -2.35. The van der Waals surface area contributed by atoms with Gasteiger partial charge in [0.2, 0.25) is 0 Å². The van der Waals surface area contributed by atoms with Crippen molar-refractivity contribution < 1.29 is 9.90 Å². The number of nitrogens with zero attached hydrogens (tertiary/aromatic N) is 2. The fourth-order valence-electron chi connectivity index (χ4n) is 3.80. The maximum Gasteiger partial charge on any atom is 0.339 e. The van der Waals surface area contributed by atoms with Gasteiger partial charge in [-0.15, -0.1) is 0 Å². The number of carbonyl (C=O) groups is 1. The van der Waals surface area contributed by atoms with Crippen molar-refractivity contribution in [3.8, 4) is 0 Å². The van der Waals surface area contributed by atoms with E-state index in [1.807, 2.05) is 6.07 Å². The number of aromatic carboxylic acids is 1. The van der Waals surface area contributed by atoms with E-state index in [9.17, 15) is 9.90 Å². The van der Waals surface area contributed by atoms with E-state index in [4.69, 9.17) is 4.98 Å². The molecular weight excluding hydrogens is 264 g/mol. The van der Waals surface area contributed by atoms with Crippen LogP contribution in [0.3, 0.4) is 0 Å². The Morgan fingerprint density at radius 3 is 2.67 bits per heavy atom. The molecule has 0 spiro atoms. The Kier molecular flexibility index (Phi) is 4.13. The van der Waals surface area contributed by atoms with E-state index in [0.717, 1.165) is 49.9 Å². The van der Waals surface area contributed by atoms with E-state index >= 15 is 0 Å². The second-order valence-electron chi connectivity index (χ2n) is 6.20. The summed E-state index contributed by atoms with van der Waals surface area (Å²) < 4.78 is 0. The van der Waals surface area contributed by atoms with Crippen LogP contribution in [0.4, 0.5) is 5.82 Å². The Hall–Kier alpha value is -1.58. The van der Waals surface area contributed by atoms with Gasteiger partial charge in [-0.25, -0.2) is 9.78 Å². The largest absolute Gasteiger partial charge is 0.478 e. The number of hydrogen-bond acceptors (Lipinski definition) is 3. The first-order chi connectivity index (χ1) is 10.2. The molecule has 2 aliphatic carbocycles. The molecule has 1 saturated carbocycles. The molecule has 2 aliphatic rings. The standard InChI is InChI=1S/C17H24N2O2/c1-2-19(13-8-4-5-9-13)16-14(17(20)21)11-12-7-3-6-10-15(12)18-16/h11,13H,2-10H2,1H3,(H,20,21). The van der Waals surface area contributed by atoms with Crippen molar-refractivity contribution in [1.82, 2.24) is 4.98 Å². The topological polar surface area (TPSA) is 53.4 Å². The molecule has 1 aromatic rings. The van der Waals surface area contributed by atoms with Crippen LogP contribution in [0.25, 0.3) is 0 Å². The number of carboxylic acid groups (broad SMARTS) is 1. The lowest BCUT2D eigenvalue weighted by atomic mass is 9.94. The molecule has 0 amide bonds. The minimum atomic E-state index is -0.845. The molecule has 0 atom stereocenters. The lowest BCUT2D eigenvalue weighted by Gasteiger charge is -2.31. The van der Waals surface area contributed by atoms with Crippen LogP contribution in [0.5, 0.6) is 0 Å². The molecule has 0 radical (unpaired) electrons. The fraction of sp³-hybridized carbons (Fsp3) is 0.647. The summed E-state index contributed by atoms with van der Waals surface area (Å²) in [6, 6.07) is 2.35. The van der Waals surface area contributed by atoms with Gasteiger partial charge in [0.15, 0.2) is 0 Å². The van der Waals surface area contributed by atoms with Crippen molar-refractivity contribution in [3.05, 3.63) is 22.9 Å². The predicted molar refractivity (Wildman–Crippen MR) is 83.1 cm³/mol. The first-order valence-corrected chi connectivity index (χ1v) is 8.23. The number of rotatable bonds is 4. The minimum absolute atomic E-state index is 0.393. The smallest absolute Gasteiger partial charge is 0.339 e. The Morgan fingerprint density at radius 2 is 2.00 bits per heavy atom. The third-order valence-electron chi connectivity index (χ3n) is 4.89. The van der Waals surface area contributed by atoms with Crippen LogP contribution in [0.1, 0.15) is 67.1 Å². The third kappa shape index (κ3) is 2.76. The van der Waals surface area contributed by atoms with E-state index in [0.29, 0.717) is 17.4 Å². The van der Waals surface area contributed by atoms with Crippen LogP contribution < -0.4 is 4.90 Å². The van der Waals surface area contributed by atoms with Gasteiger partial charge in [-0.2, -0.15) is 0 Å². The summed E-state index contributed by atoms with van der Waals surface area (Å²) in [5.41, 5.74) is 2.66. The number of anilines is 1. The summed E-state index contributed by atoms with van der Waals surface area (Å²) >= 11 is 0. The number of fused-ring (bicyclic) bond motifs is 1. The molecule has 21 heavy (non-hydrogen) atoms. The van der Waals surface area contributed by atoms with Gasteiger partial charge >= 0.3 is 5.97 Å². The van der Waals surface area contributed by atoms with Crippen molar-refractivity contribution in [2.75, 3.05) is 11.4 Å². The maximum absolute atomic E-state index is 11.7. The van der Waals surface area contributed by atoms with Gasteiger partial charge in [0.1, 0.15) is 11.4 Å². The highest BCUT2D eigenvalue weighted by atomic mass is 16.4. The zero-order valence-corrected chi connectivity index (χ0v) is 12.8. The van der Waals surface area contributed by atoms with E-state index in [1.54, 1.807) is 0 Å². The summed E-state index contributed by atoms with van der Waals surface area (Å²) in [6.45, 7) is 2.93. The van der Waals surface area contributed by atoms with E-state index in [2.05, 4.69) is 11.8 Å². The first-order valence-electron chi connectivity index (χ1n) is 8.23. The molecule has 114 valence electrons. The predicted octanol–water partition coefficient (Wildman–Crippen LogP) is 3.43. The number of aryl methyl sites for hydroxylation is 2. The second-order valence-corrected chi connectivity index (χ2v) is 6.20.